The number of fused-ring (bicyclic) bond motifs is 7. The zero-order valence-corrected chi connectivity index (χ0v) is 13.4. The molecule has 5 heterocycles. The van der Waals surface area contributed by atoms with Crippen molar-refractivity contribution in [3.63, 3.8) is 0 Å². The number of anilines is 1. The Labute approximate surface area is 144 Å². The lowest BCUT2D eigenvalue weighted by Gasteiger charge is -2.43. The molecule has 3 fully saturated rings. The number of carbonyl (C=O) groups excluding carboxylic acids is 1. The van der Waals surface area contributed by atoms with Gasteiger partial charge in [0.1, 0.15) is 11.5 Å². The van der Waals surface area contributed by atoms with Crippen LogP contribution in [0.5, 0.6) is 0 Å². The van der Waals surface area contributed by atoms with Gasteiger partial charge < -0.3 is 19.5 Å². The summed E-state index contributed by atoms with van der Waals surface area (Å²) in [5, 5.41) is 9.70. The van der Waals surface area contributed by atoms with Gasteiger partial charge >= 0.3 is 5.97 Å². The Morgan fingerprint density at radius 1 is 1.32 bits per heavy atom. The fraction of sp³-hybridized carbons (Fsp3) is 0.474. The summed E-state index contributed by atoms with van der Waals surface area (Å²) in [5.41, 5.74) is 1.03. The fourth-order valence-corrected chi connectivity index (χ4v) is 5.86. The molecule has 1 aromatic carbocycles. The molecular weight excluding hydrogens is 322 g/mol. The zero-order valence-electron chi connectivity index (χ0n) is 13.4. The molecule has 5 aliphatic heterocycles. The van der Waals surface area contributed by atoms with E-state index in [9.17, 15) is 14.7 Å². The molecule has 1 amide bonds. The summed E-state index contributed by atoms with van der Waals surface area (Å²) in [4.78, 5) is 27.0. The molecule has 128 valence electrons. The van der Waals surface area contributed by atoms with Crippen molar-refractivity contribution in [3.05, 3.63) is 42.0 Å². The number of rotatable bonds is 1. The summed E-state index contributed by atoms with van der Waals surface area (Å²) in [6.45, 7) is 0.651. The number of benzene rings is 1. The van der Waals surface area contributed by atoms with E-state index in [4.69, 9.17) is 9.47 Å². The Balaban J connectivity index is 1.59. The molecule has 0 aliphatic carbocycles. The number of carboxylic acid groups (broad SMARTS) is 1. The molecule has 1 aromatic rings. The van der Waals surface area contributed by atoms with Crippen LogP contribution < -0.4 is 4.90 Å². The number of hydrogen-bond acceptors (Lipinski definition) is 4. The van der Waals surface area contributed by atoms with Crippen molar-refractivity contribution < 1.29 is 24.2 Å². The van der Waals surface area contributed by atoms with Gasteiger partial charge in [0, 0.05) is 23.8 Å². The fourth-order valence-electron chi connectivity index (χ4n) is 5.86. The molecule has 6 heteroatoms. The second-order valence-corrected chi connectivity index (χ2v) is 7.59. The van der Waals surface area contributed by atoms with Gasteiger partial charge in [-0.05, 0) is 12.5 Å². The topological polar surface area (TPSA) is 76.1 Å². The lowest BCUT2D eigenvalue weighted by Crippen LogP contribution is -2.53. The number of para-hydroxylation sites is 1. The highest BCUT2D eigenvalue weighted by atomic mass is 16.5. The molecule has 0 aromatic heterocycles. The largest absolute Gasteiger partial charge is 0.481 e. The van der Waals surface area contributed by atoms with Gasteiger partial charge in [0.15, 0.2) is 0 Å². The van der Waals surface area contributed by atoms with Crippen molar-refractivity contribution in [1.82, 2.24) is 0 Å². The monoisotopic (exact) mass is 339 g/mol. The molecule has 1 N–H and O–H groups in total. The van der Waals surface area contributed by atoms with E-state index in [2.05, 4.69) is 0 Å². The summed E-state index contributed by atoms with van der Waals surface area (Å²) < 4.78 is 12.2. The summed E-state index contributed by atoms with van der Waals surface area (Å²) in [5.74, 6) is -2.42. The van der Waals surface area contributed by atoms with Crippen molar-refractivity contribution >= 4 is 17.6 Å². The number of carbonyl (C=O) groups is 2. The number of nitrogens with zero attached hydrogens (tertiary/aromatic N) is 1. The molecule has 1 spiro atoms. The summed E-state index contributed by atoms with van der Waals surface area (Å²) in [7, 11) is 0. The standard InChI is InChI=1S/C19H17NO5/c21-17-14-13(18(22)23)12-5-7-19(14,25-12)16-10-6-8-24-15(10)9-3-1-2-4-11(9)20(16)17/h1-5,7,10,12-16H,6,8H2,(H,22,23)/t10-,12-,13-,14+,15+,16-,19-/m1/s1. The minimum Gasteiger partial charge on any atom is -0.481 e. The highest BCUT2D eigenvalue weighted by Crippen LogP contribution is 2.62. The number of carboxylic acids is 1. The van der Waals surface area contributed by atoms with Crippen LogP contribution in [0.25, 0.3) is 0 Å². The highest BCUT2D eigenvalue weighted by molar-refractivity contribution is 6.04. The number of hydrogen-bond donors (Lipinski definition) is 1. The quantitative estimate of drug-likeness (QED) is 0.785. The molecule has 0 saturated carbocycles. The molecule has 0 radical (unpaired) electrons. The third-order valence-corrected chi connectivity index (χ3v) is 6.66. The third kappa shape index (κ3) is 1.42. The maximum absolute atomic E-state index is 13.4. The molecule has 7 atom stereocenters. The van der Waals surface area contributed by atoms with E-state index in [1.165, 1.54) is 0 Å². The van der Waals surface area contributed by atoms with E-state index in [-0.39, 0.29) is 24.0 Å². The van der Waals surface area contributed by atoms with Crippen LogP contribution in [0, 0.1) is 17.8 Å². The molecule has 3 saturated heterocycles. The van der Waals surface area contributed by atoms with Crippen molar-refractivity contribution in [1.29, 1.82) is 0 Å². The Kier molecular flexibility index (Phi) is 2.42. The minimum atomic E-state index is -0.957. The molecular formula is C19H17NO5. The Morgan fingerprint density at radius 2 is 2.16 bits per heavy atom. The third-order valence-electron chi connectivity index (χ3n) is 6.66. The van der Waals surface area contributed by atoms with Gasteiger partial charge in [0.25, 0.3) is 0 Å². The predicted molar refractivity (Wildman–Crippen MR) is 85.9 cm³/mol. The van der Waals surface area contributed by atoms with Crippen molar-refractivity contribution in [2.45, 2.75) is 30.3 Å². The maximum atomic E-state index is 13.4. The molecule has 5 aliphatic rings. The van der Waals surface area contributed by atoms with E-state index in [1.54, 1.807) is 0 Å². The normalized spacial score (nSPS) is 45.3. The van der Waals surface area contributed by atoms with E-state index in [1.807, 2.05) is 41.3 Å². The second kappa shape index (κ2) is 4.31. The lowest BCUT2D eigenvalue weighted by molar-refractivity contribution is -0.146. The van der Waals surface area contributed by atoms with Crippen molar-refractivity contribution in [2.24, 2.45) is 17.8 Å². The van der Waals surface area contributed by atoms with Crippen LogP contribution >= 0.6 is 0 Å². The highest BCUT2D eigenvalue weighted by Gasteiger charge is 2.74. The molecule has 25 heavy (non-hydrogen) atoms. The van der Waals surface area contributed by atoms with Crippen LogP contribution in [0.15, 0.2) is 36.4 Å². The molecule has 2 bridgehead atoms. The second-order valence-electron chi connectivity index (χ2n) is 7.59. The van der Waals surface area contributed by atoms with Gasteiger partial charge in [0.05, 0.1) is 24.2 Å². The van der Waals surface area contributed by atoms with Gasteiger partial charge in [-0.1, -0.05) is 30.4 Å². The van der Waals surface area contributed by atoms with Gasteiger partial charge in [-0.25, -0.2) is 0 Å². The number of aliphatic carboxylic acids is 1. The van der Waals surface area contributed by atoms with E-state index >= 15 is 0 Å². The van der Waals surface area contributed by atoms with Crippen LogP contribution in [0.3, 0.4) is 0 Å². The Morgan fingerprint density at radius 3 is 3.00 bits per heavy atom. The van der Waals surface area contributed by atoms with Crippen LogP contribution in [0.4, 0.5) is 5.69 Å². The van der Waals surface area contributed by atoms with Crippen LogP contribution in [-0.4, -0.2) is 41.3 Å². The van der Waals surface area contributed by atoms with Gasteiger partial charge in [-0.15, -0.1) is 0 Å². The first-order valence-corrected chi connectivity index (χ1v) is 8.77. The van der Waals surface area contributed by atoms with Crippen molar-refractivity contribution in [3.8, 4) is 0 Å². The smallest absolute Gasteiger partial charge is 0.310 e. The Hall–Kier alpha value is -2.18. The van der Waals surface area contributed by atoms with Crippen molar-refractivity contribution in [2.75, 3.05) is 11.5 Å². The number of ether oxygens (including phenoxy) is 2. The van der Waals surface area contributed by atoms with E-state index in [0.29, 0.717) is 6.61 Å². The molecule has 0 unspecified atom stereocenters. The lowest BCUT2D eigenvalue weighted by atomic mass is 9.70. The van der Waals surface area contributed by atoms with E-state index < -0.39 is 29.5 Å². The SMILES string of the molecule is O=C(O)[C@H]1[C@H]2C(=O)N3c4ccccc4[C@@H]4OCC[C@H]4[C@@H]3[C@@]23C=C[C@H]1O3. The first-order chi connectivity index (χ1) is 12.1. The van der Waals surface area contributed by atoms with Crippen LogP contribution in [-0.2, 0) is 19.1 Å². The van der Waals surface area contributed by atoms with Crippen LogP contribution in [0.2, 0.25) is 0 Å². The first kappa shape index (κ1) is 14.0. The summed E-state index contributed by atoms with van der Waals surface area (Å²) in [6.07, 6.45) is 4.07. The van der Waals surface area contributed by atoms with Gasteiger partial charge in [-0.3, -0.25) is 9.59 Å². The van der Waals surface area contributed by atoms with Gasteiger partial charge in [0.2, 0.25) is 5.91 Å². The molecule has 6 rings (SSSR count). The minimum absolute atomic E-state index is 0.0571. The van der Waals surface area contributed by atoms with Gasteiger partial charge in [-0.2, -0.15) is 0 Å². The average molecular weight is 339 g/mol. The first-order valence-electron chi connectivity index (χ1n) is 8.77. The summed E-state index contributed by atoms with van der Waals surface area (Å²) >= 11 is 0. The zero-order chi connectivity index (χ0) is 16.9. The maximum Gasteiger partial charge on any atom is 0.310 e. The molecule has 6 nitrogen and oxygen atoms in total. The summed E-state index contributed by atoms with van der Waals surface area (Å²) in [6, 6.07) is 7.61. The van der Waals surface area contributed by atoms with E-state index in [0.717, 1.165) is 17.7 Å². The average Bonchev–Trinajstić information content (AvgIpc) is 3.35. The Bertz CT molecular complexity index is 850. The van der Waals surface area contributed by atoms with Crippen LogP contribution in [0.1, 0.15) is 18.1 Å². The predicted octanol–water partition coefficient (Wildman–Crippen LogP) is 1.52. The number of amides is 1.